The maximum Gasteiger partial charge on any atom is 0.326 e. The Morgan fingerprint density at radius 1 is 0.889 bits per heavy atom. The fourth-order valence-corrected chi connectivity index (χ4v) is 3.62. The number of hydrogen-bond donors (Lipinski definition) is 4. The van der Waals surface area contributed by atoms with E-state index >= 15 is 0 Å². The second-order valence-electron chi connectivity index (χ2n) is 5.79. The third kappa shape index (κ3) is 6.00. The molecular weight excluding hydrogens is 368 g/mol. The molecule has 142 valence electrons. The summed E-state index contributed by atoms with van der Waals surface area (Å²) < 4.78 is 0. The van der Waals surface area contributed by atoms with Gasteiger partial charge in [0.15, 0.2) is 0 Å². The second-order valence-corrected chi connectivity index (χ2v) is 6.87. The van der Waals surface area contributed by atoms with Crippen LogP contribution >= 0.6 is 11.8 Å². The van der Waals surface area contributed by atoms with Crippen molar-refractivity contribution in [3.05, 3.63) is 88.8 Å². The topological polar surface area (TPSA) is 131 Å². The van der Waals surface area contributed by atoms with E-state index in [0.29, 0.717) is 17.0 Å². The molecule has 0 amide bonds. The van der Waals surface area contributed by atoms with Crippen LogP contribution in [0.1, 0.15) is 23.6 Å². The van der Waals surface area contributed by atoms with Crippen molar-refractivity contribution in [2.24, 2.45) is 0 Å². The first-order chi connectivity index (χ1) is 12.8. The lowest BCUT2D eigenvalue weighted by Gasteiger charge is -2.07. The van der Waals surface area contributed by atoms with E-state index in [4.69, 9.17) is 0 Å². The largest absolute Gasteiger partial charge is 0.326 e. The Bertz CT molecular complexity index is 1110. The Kier molecular flexibility index (Phi) is 6.78. The van der Waals surface area contributed by atoms with Crippen LogP contribution in [-0.4, -0.2) is 19.9 Å². The van der Waals surface area contributed by atoms with E-state index in [1.54, 1.807) is 0 Å². The first kappa shape index (κ1) is 20.2. The van der Waals surface area contributed by atoms with Crippen LogP contribution in [-0.2, 0) is 6.42 Å². The number of nitrogens with one attached hydrogen (secondary N) is 4. The van der Waals surface area contributed by atoms with E-state index < -0.39 is 11.4 Å². The van der Waals surface area contributed by atoms with Crippen LogP contribution in [0.5, 0.6) is 0 Å². The summed E-state index contributed by atoms with van der Waals surface area (Å²) >= 11 is 1.42. The SMILES string of the molecule is CCc1c(Sc2cc(C)cc(C)c2)[nH]c(=O)[nH]c1=O.O=c1cc[nH]c(=O)[nH]1. The molecule has 8 nitrogen and oxygen atoms in total. The zero-order chi connectivity index (χ0) is 20.0. The maximum atomic E-state index is 11.7. The zero-order valence-corrected chi connectivity index (χ0v) is 16.0. The lowest BCUT2D eigenvalue weighted by molar-refractivity contribution is 0.875. The van der Waals surface area contributed by atoms with Gasteiger partial charge in [0.05, 0.1) is 5.03 Å². The highest BCUT2D eigenvalue weighted by molar-refractivity contribution is 7.99. The lowest BCUT2D eigenvalue weighted by Crippen LogP contribution is -2.26. The third-order valence-corrected chi connectivity index (χ3v) is 4.48. The van der Waals surface area contributed by atoms with Gasteiger partial charge in [-0.15, -0.1) is 0 Å². The van der Waals surface area contributed by atoms with Crippen molar-refractivity contribution >= 4 is 11.8 Å². The number of H-pyrrole nitrogens is 4. The number of benzene rings is 1. The monoisotopic (exact) mass is 388 g/mol. The normalized spacial score (nSPS) is 10.2. The molecule has 2 heterocycles. The predicted molar refractivity (Wildman–Crippen MR) is 105 cm³/mol. The summed E-state index contributed by atoms with van der Waals surface area (Å²) in [6, 6.07) is 7.40. The van der Waals surface area contributed by atoms with E-state index in [9.17, 15) is 19.2 Å². The molecule has 3 aromatic rings. The molecule has 0 atom stereocenters. The molecule has 0 spiro atoms. The van der Waals surface area contributed by atoms with Crippen LogP contribution in [0.2, 0.25) is 0 Å². The van der Waals surface area contributed by atoms with Crippen LogP contribution in [0.3, 0.4) is 0 Å². The average Bonchev–Trinajstić information content (AvgIpc) is 2.54. The molecule has 0 saturated heterocycles. The minimum absolute atomic E-state index is 0.307. The summed E-state index contributed by atoms with van der Waals surface area (Å²) in [7, 11) is 0. The van der Waals surface area contributed by atoms with Gasteiger partial charge >= 0.3 is 11.4 Å². The molecule has 2 aromatic heterocycles. The van der Waals surface area contributed by atoms with Crippen molar-refractivity contribution in [1.82, 2.24) is 19.9 Å². The van der Waals surface area contributed by atoms with Crippen molar-refractivity contribution in [3.8, 4) is 0 Å². The molecule has 0 fully saturated rings. The van der Waals surface area contributed by atoms with Gasteiger partial charge in [-0.1, -0.05) is 24.8 Å². The van der Waals surface area contributed by atoms with Gasteiger partial charge in [0, 0.05) is 22.7 Å². The molecule has 0 radical (unpaired) electrons. The molecule has 3 rings (SSSR count). The van der Waals surface area contributed by atoms with Gasteiger partial charge in [0.25, 0.3) is 11.1 Å². The second kappa shape index (κ2) is 9.04. The van der Waals surface area contributed by atoms with Gasteiger partial charge in [0.2, 0.25) is 0 Å². The molecule has 27 heavy (non-hydrogen) atoms. The van der Waals surface area contributed by atoms with Crippen LogP contribution in [0.4, 0.5) is 0 Å². The molecule has 0 aliphatic rings. The van der Waals surface area contributed by atoms with Crippen molar-refractivity contribution in [1.29, 1.82) is 0 Å². The van der Waals surface area contributed by atoms with Crippen LogP contribution in [0.15, 0.2) is 59.6 Å². The van der Waals surface area contributed by atoms with E-state index in [0.717, 1.165) is 16.0 Å². The number of aromatic nitrogens is 4. The summed E-state index contributed by atoms with van der Waals surface area (Å²) in [5.41, 5.74) is 1.31. The van der Waals surface area contributed by atoms with Crippen molar-refractivity contribution in [2.45, 2.75) is 37.1 Å². The van der Waals surface area contributed by atoms with Crippen molar-refractivity contribution in [3.63, 3.8) is 0 Å². The van der Waals surface area contributed by atoms with Crippen LogP contribution in [0.25, 0.3) is 0 Å². The summed E-state index contributed by atoms with van der Waals surface area (Å²) in [6.07, 6.45) is 1.88. The van der Waals surface area contributed by atoms with Gasteiger partial charge in [-0.2, -0.15) is 0 Å². The lowest BCUT2D eigenvalue weighted by atomic mass is 10.2. The third-order valence-electron chi connectivity index (χ3n) is 3.46. The zero-order valence-electron chi connectivity index (χ0n) is 15.1. The van der Waals surface area contributed by atoms with E-state index in [1.807, 2.05) is 37.9 Å². The minimum Gasteiger partial charge on any atom is -0.314 e. The molecule has 0 aliphatic heterocycles. The highest BCUT2D eigenvalue weighted by Gasteiger charge is 2.09. The fourth-order valence-electron chi connectivity index (χ4n) is 2.39. The van der Waals surface area contributed by atoms with E-state index in [-0.39, 0.29) is 11.1 Å². The van der Waals surface area contributed by atoms with Gasteiger partial charge in [0.1, 0.15) is 0 Å². The smallest absolute Gasteiger partial charge is 0.314 e. The Balaban J connectivity index is 0.000000273. The van der Waals surface area contributed by atoms with Crippen molar-refractivity contribution in [2.75, 3.05) is 0 Å². The highest BCUT2D eigenvalue weighted by atomic mass is 32.2. The van der Waals surface area contributed by atoms with Gasteiger partial charge in [-0.25, -0.2) is 9.59 Å². The van der Waals surface area contributed by atoms with Crippen molar-refractivity contribution < 1.29 is 0 Å². The fraction of sp³-hybridized carbons (Fsp3) is 0.222. The molecular formula is C18H20N4O4S. The summed E-state index contributed by atoms with van der Waals surface area (Å²) in [5, 5.41) is 0.626. The molecule has 0 saturated carbocycles. The van der Waals surface area contributed by atoms with E-state index in [1.165, 1.54) is 24.0 Å². The standard InChI is InChI=1S/C14H16N2O2S.C4H4N2O2/c1-4-11-12(17)15-14(18)16-13(11)19-10-6-8(2)5-9(3)7-10;7-3-1-2-5-4(8)6-3/h5-7H,4H2,1-3H3,(H2,15,16,17,18);1-2H,(H2,5,6,7,8). The Morgan fingerprint density at radius 2 is 1.56 bits per heavy atom. The first-order valence-electron chi connectivity index (χ1n) is 8.18. The predicted octanol–water partition coefficient (Wildman–Crippen LogP) is 1.46. The number of aryl methyl sites for hydroxylation is 2. The van der Waals surface area contributed by atoms with E-state index in [2.05, 4.69) is 21.0 Å². The molecule has 9 heteroatoms. The van der Waals surface area contributed by atoms with Crippen LogP contribution < -0.4 is 22.5 Å². The summed E-state index contributed by atoms with van der Waals surface area (Å²) in [6.45, 7) is 5.95. The maximum absolute atomic E-state index is 11.7. The van der Waals surface area contributed by atoms with Crippen LogP contribution in [0, 0.1) is 13.8 Å². The van der Waals surface area contributed by atoms with Gasteiger partial charge in [-0.3, -0.25) is 19.6 Å². The molecule has 0 unspecified atom stereocenters. The minimum atomic E-state index is -0.475. The number of hydrogen-bond acceptors (Lipinski definition) is 5. The number of aromatic amines is 4. The number of rotatable bonds is 3. The average molecular weight is 388 g/mol. The molecule has 1 aromatic carbocycles. The quantitative estimate of drug-likeness (QED) is 0.504. The molecule has 0 aliphatic carbocycles. The Morgan fingerprint density at radius 3 is 2.07 bits per heavy atom. The van der Waals surface area contributed by atoms with Gasteiger partial charge in [-0.05, 0) is 43.5 Å². The first-order valence-corrected chi connectivity index (χ1v) is 8.99. The van der Waals surface area contributed by atoms with Gasteiger partial charge < -0.3 is 9.97 Å². The molecule has 0 bridgehead atoms. The molecule has 4 N–H and O–H groups in total. The summed E-state index contributed by atoms with van der Waals surface area (Å²) in [4.78, 5) is 53.8. The Labute approximate surface area is 158 Å². The Hall–Kier alpha value is -3.07. The summed E-state index contributed by atoms with van der Waals surface area (Å²) in [5.74, 6) is 0. The highest BCUT2D eigenvalue weighted by Crippen LogP contribution is 2.28.